The van der Waals surface area contributed by atoms with Gasteiger partial charge in [-0.2, -0.15) is 5.10 Å². The van der Waals surface area contributed by atoms with Gasteiger partial charge in [0, 0.05) is 22.9 Å². The molecule has 0 amide bonds. The highest BCUT2D eigenvalue weighted by molar-refractivity contribution is 6.14. The minimum atomic E-state index is -0.547. The summed E-state index contributed by atoms with van der Waals surface area (Å²) in [5.74, 6) is 0.283. The average Bonchev–Trinajstić information content (AvgIpc) is 3.32. The summed E-state index contributed by atoms with van der Waals surface area (Å²) in [6.07, 6.45) is 3.34. The molecule has 3 aromatic carbocycles. The zero-order chi connectivity index (χ0) is 27.9. The topological polar surface area (TPSA) is 105 Å². The number of carbonyl (C=O) groups excluding carboxylic acids is 1. The molecule has 0 radical (unpaired) electrons. The minimum absolute atomic E-state index is 0.0834. The van der Waals surface area contributed by atoms with Crippen LogP contribution in [0.5, 0.6) is 5.75 Å². The van der Waals surface area contributed by atoms with Crippen molar-refractivity contribution in [3.05, 3.63) is 126 Å². The third-order valence-corrected chi connectivity index (χ3v) is 6.33. The molecule has 0 atom stereocenters. The van der Waals surface area contributed by atoms with E-state index < -0.39 is 5.97 Å². The van der Waals surface area contributed by atoms with E-state index in [2.05, 4.69) is 10.1 Å². The van der Waals surface area contributed by atoms with Crippen LogP contribution in [0.15, 0.2) is 108 Å². The Labute approximate surface area is 232 Å². The predicted molar refractivity (Wildman–Crippen MR) is 156 cm³/mol. The number of nitrogens with two attached hydrogens (primary N) is 1. The molecule has 0 fully saturated rings. The number of rotatable bonds is 9. The summed E-state index contributed by atoms with van der Waals surface area (Å²) in [6, 6.07) is 29.3. The van der Waals surface area contributed by atoms with Gasteiger partial charge < -0.3 is 15.2 Å². The van der Waals surface area contributed by atoms with Crippen LogP contribution in [-0.2, 0) is 11.3 Å². The first-order valence-electron chi connectivity index (χ1n) is 12.9. The smallest absolute Gasteiger partial charge is 0.344 e. The van der Waals surface area contributed by atoms with Crippen LogP contribution in [0.2, 0.25) is 0 Å². The molecule has 2 aromatic heterocycles. The van der Waals surface area contributed by atoms with E-state index in [-0.39, 0.29) is 18.0 Å². The van der Waals surface area contributed by atoms with Crippen molar-refractivity contribution < 1.29 is 14.3 Å². The van der Waals surface area contributed by atoms with Crippen molar-refractivity contribution in [1.82, 2.24) is 14.8 Å². The molecular weight excluding hydrogens is 502 g/mol. The van der Waals surface area contributed by atoms with Crippen molar-refractivity contribution in [2.75, 3.05) is 19.5 Å². The second kappa shape index (κ2) is 12.1. The van der Waals surface area contributed by atoms with Crippen LogP contribution < -0.4 is 10.5 Å². The Kier molecular flexibility index (Phi) is 7.97. The number of anilines is 1. The monoisotopic (exact) mass is 531 g/mol. The predicted octanol–water partition coefficient (Wildman–Crippen LogP) is 5.93. The van der Waals surface area contributed by atoms with Gasteiger partial charge in [0.1, 0.15) is 11.3 Å². The number of nitrogens with zero attached hydrogens (tertiary/aromatic N) is 4. The number of benzene rings is 3. The van der Waals surface area contributed by atoms with Crippen LogP contribution in [0.1, 0.15) is 34.0 Å². The van der Waals surface area contributed by atoms with E-state index in [0.717, 1.165) is 28.2 Å². The Morgan fingerprint density at radius 3 is 2.17 bits per heavy atom. The number of ether oxygens (including phenoxy) is 2. The highest BCUT2D eigenvalue weighted by atomic mass is 16.5. The summed E-state index contributed by atoms with van der Waals surface area (Å²) in [5, 5.41) is 4.56. The molecule has 0 aliphatic carbocycles. The van der Waals surface area contributed by atoms with E-state index in [9.17, 15) is 4.79 Å². The Bertz CT molecular complexity index is 1590. The molecule has 2 heterocycles. The molecule has 0 unspecified atom stereocenters. The number of hydrogen-bond donors (Lipinski definition) is 1. The van der Waals surface area contributed by atoms with Gasteiger partial charge in [-0.1, -0.05) is 72.8 Å². The van der Waals surface area contributed by atoms with Gasteiger partial charge in [0.15, 0.2) is 5.82 Å². The Balaban J connectivity index is 1.70. The van der Waals surface area contributed by atoms with Crippen LogP contribution in [0.25, 0.3) is 11.3 Å². The van der Waals surface area contributed by atoms with Gasteiger partial charge in [-0.15, -0.1) is 0 Å². The largest absolute Gasteiger partial charge is 0.497 e. The molecular formula is C32H29N5O3. The van der Waals surface area contributed by atoms with Crippen LogP contribution in [-0.4, -0.2) is 40.2 Å². The maximum Gasteiger partial charge on any atom is 0.344 e. The van der Waals surface area contributed by atoms with Gasteiger partial charge >= 0.3 is 5.97 Å². The Hall–Kier alpha value is -5.24. The molecule has 8 heteroatoms. The first-order valence-corrected chi connectivity index (χ1v) is 12.9. The quantitative estimate of drug-likeness (QED) is 0.187. The van der Waals surface area contributed by atoms with Crippen molar-refractivity contribution >= 4 is 23.2 Å². The van der Waals surface area contributed by atoms with Crippen LogP contribution >= 0.6 is 0 Å². The molecule has 0 aliphatic rings. The van der Waals surface area contributed by atoms with Gasteiger partial charge in [0.05, 0.1) is 43.6 Å². The highest BCUT2D eigenvalue weighted by Crippen LogP contribution is 2.36. The van der Waals surface area contributed by atoms with Crippen LogP contribution in [0, 0.1) is 0 Å². The second-order valence-corrected chi connectivity index (χ2v) is 8.92. The number of carbonyl (C=O) groups is 1. The minimum Gasteiger partial charge on any atom is -0.497 e. The SMILES string of the molecule is CCOC(=O)c1c(N)nn(Cc2ccc(OC)cc2)c1-c1ccncc1N=C(c1ccccc1)c1ccccc1. The third-order valence-electron chi connectivity index (χ3n) is 6.33. The van der Waals surface area contributed by atoms with Crippen molar-refractivity contribution in [3.63, 3.8) is 0 Å². The zero-order valence-electron chi connectivity index (χ0n) is 22.3. The average molecular weight is 532 g/mol. The Morgan fingerprint density at radius 2 is 1.57 bits per heavy atom. The standard InChI is InChI=1S/C32H29N5O3/c1-3-40-32(38)28-30(37(36-31(28)33)21-22-14-16-25(39-2)17-15-22)26-18-19-34-20-27(26)35-29(23-10-6-4-7-11-23)24-12-8-5-9-13-24/h4-20H,3,21H2,1-2H3,(H2,33,36). The first kappa shape index (κ1) is 26.4. The molecule has 0 aliphatic heterocycles. The molecule has 0 spiro atoms. The number of nitrogen functional groups attached to an aromatic ring is 1. The van der Waals surface area contributed by atoms with E-state index in [0.29, 0.717) is 23.5 Å². The zero-order valence-corrected chi connectivity index (χ0v) is 22.3. The summed E-state index contributed by atoms with van der Waals surface area (Å²) in [4.78, 5) is 22.6. The summed E-state index contributed by atoms with van der Waals surface area (Å²) < 4.78 is 12.4. The van der Waals surface area contributed by atoms with Crippen LogP contribution in [0.3, 0.4) is 0 Å². The fourth-order valence-corrected chi connectivity index (χ4v) is 4.46. The van der Waals surface area contributed by atoms with Crippen molar-refractivity contribution in [1.29, 1.82) is 0 Å². The van der Waals surface area contributed by atoms with Crippen LogP contribution in [0.4, 0.5) is 11.5 Å². The molecule has 0 bridgehead atoms. The molecule has 0 saturated heterocycles. The molecule has 5 aromatic rings. The van der Waals surface area contributed by atoms with E-state index in [1.54, 1.807) is 31.1 Å². The second-order valence-electron chi connectivity index (χ2n) is 8.92. The van der Waals surface area contributed by atoms with E-state index in [1.165, 1.54) is 0 Å². The van der Waals surface area contributed by atoms with Crippen molar-refractivity contribution in [2.24, 2.45) is 4.99 Å². The van der Waals surface area contributed by atoms with Gasteiger partial charge in [0.2, 0.25) is 0 Å². The first-order chi connectivity index (χ1) is 19.6. The molecule has 200 valence electrons. The lowest BCUT2D eigenvalue weighted by molar-refractivity contribution is 0.0528. The number of aromatic nitrogens is 3. The normalized spacial score (nSPS) is 10.7. The molecule has 8 nitrogen and oxygen atoms in total. The molecule has 5 rings (SSSR count). The molecule has 40 heavy (non-hydrogen) atoms. The molecule has 2 N–H and O–H groups in total. The summed E-state index contributed by atoms with van der Waals surface area (Å²) in [5.41, 5.74) is 11.9. The maximum atomic E-state index is 13.2. The lowest BCUT2D eigenvalue weighted by Crippen LogP contribution is -2.10. The van der Waals surface area contributed by atoms with E-state index >= 15 is 0 Å². The lowest BCUT2D eigenvalue weighted by atomic mass is 10.0. The summed E-state index contributed by atoms with van der Waals surface area (Å²) >= 11 is 0. The van der Waals surface area contributed by atoms with Gasteiger partial charge in [0.25, 0.3) is 0 Å². The van der Waals surface area contributed by atoms with Gasteiger partial charge in [-0.25, -0.2) is 9.79 Å². The van der Waals surface area contributed by atoms with E-state index in [1.807, 2.05) is 91.0 Å². The summed E-state index contributed by atoms with van der Waals surface area (Å²) in [7, 11) is 1.62. The summed E-state index contributed by atoms with van der Waals surface area (Å²) in [6.45, 7) is 2.32. The van der Waals surface area contributed by atoms with Gasteiger partial charge in [-0.3, -0.25) is 9.67 Å². The number of methoxy groups -OCH3 is 1. The number of aliphatic imine (C=N–C) groups is 1. The van der Waals surface area contributed by atoms with E-state index in [4.69, 9.17) is 20.2 Å². The van der Waals surface area contributed by atoms with Crippen molar-refractivity contribution in [2.45, 2.75) is 13.5 Å². The maximum absolute atomic E-state index is 13.2. The van der Waals surface area contributed by atoms with Gasteiger partial charge in [-0.05, 0) is 30.7 Å². The fourth-order valence-electron chi connectivity index (χ4n) is 4.46. The Morgan fingerprint density at radius 1 is 0.925 bits per heavy atom. The highest BCUT2D eigenvalue weighted by Gasteiger charge is 2.27. The van der Waals surface area contributed by atoms with Crippen molar-refractivity contribution in [3.8, 4) is 17.0 Å². The lowest BCUT2D eigenvalue weighted by Gasteiger charge is -2.14. The fraction of sp³-hybridized carbons (Fsp3) is 0.125. The number of esters is 1. The number of pyridine rings is 1. The number of hydrogen-bond acceptors (Lipinski definition) is 7. The third kappa shape index (κ3) is 5.61. The molecule has 0 saturated carbocycles.